The van der Waals surface area contributed by atoms with Crippen LogP contribution in [0.2, 0.25) is 0 Å². The summed E-state index contributed by atoms with van der Waals surface area (Å²) in [7, 11) is 0. The van der Waals surface area contributed by atoms with E-state index in [0.717, 1.165) is 16.1 Å². The SMILES string of the molecule is Cc1sc(NC(=O)C2NNC(C(C)C)C2Br)nc1-c1ccc(F)cc1. The molecule has 1 fully saturated rings. The highest BCUT2D eigenvalue weighted by molar-refractivity contribution is 9.09. The molecular weight excluding hydrogens is 407 g/mol. The normalized spacial score (nSPS) is 23.2. The number of alkyl halides is 1. The third kappa shape index (κ3) is 3.92. The number of aryl methyl sites for hydroxylation is 1. The zero-order chi connectivity index (χ0) is 18.1. The van der Waals surface area contributed by atoms with Crippen LogP contribution in [0.15, 0.2) is 24.3 Å². The van der Waals surface area contributed by atoms with Crippen LogP contribution in [0.1, 0.15) is 18.7 Å². The van der Waals surface area contributed by atoms with Gasteiger partial charge in [0.2, 0.25) is 5.91 Å². The van der Waals surface area contributed by atoms with Gasteiger partial charge in [0.1, 0.15) is 11.9 Å². The molecule has 134 valence electrons. The second-order valence-corrected chi connectivity index (χ2v) is 8.66. The first-order valence-electron chi connectivity index (χ1n) is 8.06. The van der Waals surface area contributed by atoms with Crippen molar-refractivity contribution in [2.24, 2.45) is 5.92 Å². The highest BCUT2D eigenvalue weighted by Gasteiger charge is 2.40. The van der Waals surface area contributed by atoms with Crippen LogP contribution in [0.5, 0.6) is 0 Å². The molecule has 2 heterocycles. The summed E-state index contributed by atoms with van der Waals surface area (Å²) >= 11 is 5.02. The molecule has 0 spiro atoms. The van der Waals surface area contributed by atoms with Gasteiger partial charge in [0.05, 0.1) is 10.5 Å². The fourth-order valence-electron chi connectivity index (χ4n) is 2.81. The van der Waals surface area contributed by atoms with Crippen molar-refractivity contribution in [3.8, 4) is 11.3 Å². The lowest BCUT2D eigenvalue weighted by molar-refractivity contribution is -0.117. The predicted octanol–water partition coefficient (Wildman–Crippen LogP) is 3.46. The first-order valence-corrected chi connectivity index (χ1v) is 9.79. The third-order valence-corrected chi connectivity index (χ3v) is 6.20. The number of amides is 1. The van der Waals surface area contributed by atoms with Gasteiger partial charge in [-0.2, -0.15) is 0 Å². The average molecular weight is 427 g/mol. The van der Waals surface area contributed by atoms with E-state index in [9.17, 15) is 9.18 Å². The predicted molar refractivity (Wildman–Crippen MR) is 102 cm³/mol. The van der Waals surface area contributed by atoms with Gasteiger partial charge in [-0.15, -0.1) is 11.3 Å². The van der Waals surface area contributed by atoms with Crippen LogP contribution < -0.4 is 16.2 Å². The Kier molecular flexibility index (Phi) is 5.52. The van der Waals surface area contributed by atoms with Crippen LogP contribution in [0.25, 0.3) is 11.3 Å². The Bertz CT molecular complexity index is 765. The molecule has 1 aliphatic heterocycles. The van der Waals surface area contributed by atoms with Gasteiger partial charge in [-0.25, -0.2) is 14.8 Å². The van der Waals surface area contributed by atoms with E-state index in [1.54, 1.807) is 12.1 Å². The van der Waals surface area contributed by atoms with Crippen molar-refractivity contribution in [2.45, 2.75) is 37.7 Å². The van der Waals surface area contributed by atoms with E-state index < -0.39 is 0 Å². The summed E-state index contributed by atoms with van der Waals surface area (Å²) in [5, 5.41) is 3.42. The maximum atomic E-state index is 13.1. The van der Waals surface area contributed by atoms with E-state index in [4.69, 9.17) is 0 Å². The van der Waals surface area contributed by atoms with Crippen LogP contribution in [-0.4, -0.2) is 27.8 Å². The molecule has 1 aliphatic rings. The van der Waals surface area contributed by atoms with Crippen molar-refractivity contribution in [2.75, 3.05) is 5.32 Å². The molecule has 0 aliphatic carbocycles. The van der Waals surface area contributed by atoms with E-state index in [0.29, 0.717) is 11.0 Å². The summed E-state index contributed by atoms with van der Waals surface area (Å²) in [6.45, 7) is 6.14. The number of benzene rings is 1. The minimum atomic E-state index is -0.383. The van der Waals surface area contributed by atoms with Crippen molar-refractivity contribution < 1.29 is 9.18 Å². The molecule has 25 heavy (non-hydrogen) atoms. The summed E-state index contributed by atoms with van der Waals surface area (Å²) in [5.74, 6) is -0.0353. The molecule has 1 saturated heterocycles. The Morgan fingerprint density at radius 2 is 2.00 bits per heavy atom. The number of aromatic nitrogens is 1. The zero-order valence-corrected chi connectivity index (χ0v) is 16.5. The summed E-state index contributed by atoms with van der Waals surface area (Å²) in [6.07, 6.45) is 0. The van der Waals surface area contributed by atoms with Crippen LogP contribution in [-0.2, 0) is 4.79 Å². The molecule has 3 unspecified atom stereocenters. The summed E-state index contributed by atoms with van der Waals surface area (Å²) in [5.41, 5.74) is 7.79. The molecule has 3 N–H and O–H groups in total. The minimum Gasteiger partial charge on any atom is -0.301 e. The quantitative estimate of drug-likeness (QED) is 0.654. The van der Waals surface area contributed by atoms with Gasteiger partial charge in [-0.1, -0.05) is 29.8 Å². The van der Waals surface area contributed by atoms with Gasteiger partial charge >= 0.3 is 0 Å². The summed E-state index contributed by atoms with van der Waals surface area (Å²) in [4.78, 5) is 18.0. The van der Waals surface area contributed by atoms with E-state index in [-0.39, 0.29) is 28.6 Å². The number of carbonyl (C=O) groups is 1. The van der Waals surface area contributed by atoms with Crippen LogP contribution in [0.3, 0.4) is 0 Å². The molecule has 1 aromatic carbocycles. The lowest BCUT2D eigenvalue weighted by Crippen LogP contribution is -2.42. The molecule has 3 atom stereocenters. The molecular formula is C17H20BrFN4OS. The van der Waals surface area contributed by atoms with Gasteiger partial charge in [-0.3, -0.25) is 10.2 Å². The van der Waals surface area contributed by atoms with Gasteiger partial charge in [0.15, 0.2) is 5.13 Å². The van der Waals surface area contributed by atoms with Crippen LogP contribution in [0, 0.1) is 18.7 Å². The number of hydrogen-bond donors (Lipinski definition) is 3. The second kappa shape index (κ2) is 7.49. The molecule has 0 radical (unpaired) electrons. The number of hydrazine groups is 1. The van der Waals surface area contributed by atoms with Crippen molar-refractivity contribution in [3.05, 3.63) is 35.0 Å². The van der Waals surface area contributed by atoms with Gasteiger partial charge in [-0.05, 0) is 37.1 Å². The monoisotopic (exact) mass is 426 g/mol. The average Bonchev–Trinajstić information content (AvgIpc) is 3.11. The van der Waals surface area contributed by atoms with E-state index in [2.05, 4.69) is 50.9 Å². The molecule has 1 aromatic heterocycles. The van der Waals surface area contributed by atoms with E-state index >= 15 is 0 Å². The zero-order valence-electron chi connectivity index (χ0n) is 14.1. The highest BCUT2D eigenvalue weighted by atomic mass is 79.9. The fraction of sp³-hybridized carbons (Fsp3) is 0.412. The number of anilines is 1. The number of hydrogen-bond acceptors (Lipinski definition) is 5. The molecule has 0 bridgehead atoms. The topological polar surface area (TPSA) is 66.1 Å². The van der Waals surface area contributed by atoms with Crippen molar-refractivity contribution in [1.82, 2.24) is 15.8 Å². The van der Waals surface area contributed by atoms with Gasteiger partial charge < -0.3 is 5.32 Å². The van der Waals surface area contributed by atoms with Gasteiger partial charge in [0.25, 0.3) is 0 Å². The Morgan fingerprint density at radius 3 is 2.60 bits per heavy atom. The minimum absolute atomic E-state index is 0.00914. The summed E-state index contributed by atoms with van der Waals surface area (Å²) in [6, 6.07) is 5.97. The molecule has 8 heteroatoms. The largest absolute Gasteiger partial charge is 0.301 e. The number of nitrogens with one attached hydrogen (secondary N) is 3. The number of halogens is 2. The fourth-order valence-corrected chi connectivity index (χ4v) is 4.76. The molecule has 5 nitrogen and oxygen atoms in total. The molecule has 2 aromatic rings. The molecule has 0 saturated carbocycles. The highest BCUT2D eigenvalue weighted by Crippen LogP contribution is 2.31. The Labute approximate surface area is 158 Å². The van der Waals surface area contributed by atoms with Gasteiger partial charge in [0, 0.05) is 16.5 Å². The Morgan fingerprint density at radius 1 is 1.32 bits per heavy atom. The molecule has 3 rings (SSSR count). The Balaban J connectivity index is 1.73. The van der Waals surface area contributed by atoms with Crippen molar-refractivity contribution in [3.63, 3.8) is 0 Å². The van der Waals surface area contributed by atoms with E-state index in [1.165, 1.54) is 23.5 Å². The number of rotatable bonds is 4. The summed E-state index contributed by atoms with van der Waals surface area (Å²) < 4.78 is 13.1. The smallest absolute Gasteiger partial charge is 0.245 e. The van der Waals surface area contributed by atoms with Crippen LogP contribution >= 0.6 is 27.3 Å². The van der Waals surface area contributed by atoms with Crippen molar-refractivity contribution >= 4 is 38.3 Å². The number of thiazole rings is 1. The third-order valence-electron chi connectivity index (χ3n) is 4.21. The lowest BCUT2D eigenvalue weighted by atomic mass is 9.99. The molecule has 1 amide bonds. The maximum Gasteiger partial charge on any atom is 0.245 e. The first kappa shape index (κ1) is 18.4. The van der Waals surface area contributed by atoms with Crippen molar-refractivity contribution in [1.29, 1.82) is 0 Å². The number of carbonyl (C=O) groups excluding carboxylic acids is 1. The van der Waals surface area contributed by atoms with Crippen LogP contribution in [0.4, 0.5) is 9.52 Å². The Hall–Kier alpha value is -1.35. The maximum absolute atomic E-state index is 13.1. The van der Waals surface area contributed by atoms with E-state index in [1.807, 2.05) is 6.92 Å². The standard InChI is InChI=1S/C17H20BrFN4OS/c1-8(2)13-12(18)15(23-22-13)16(24)21-17-20-14(9(3)25-17)10-4-6-11(19)7-5-10/h4-8,12-13,15,22-23H,1-3H3,(H,20,21,24). The second-order valence-electron chi connectivity index (χ2n) is 6.40. The first-order chi connectivity index (χ1) is 11.9. The lowest BCUT2D eigenvalue weighted by Gasteiger charge is -2.19. The number of nitrogens with zero attached hydrogens (tertiary/aromatic N) is 1.